The minimum atomic E-state index is -0.322. The van der Waals surface area contributed by atoms with Gasteiger partial charge in [0.2, 0.25) is 0 Å². The van der Waals surface area contributed by atoms with Crippen LogP contribution in [0.1, 0.15) is 15.9 Å². The van der Waals surface area contributed by atoms with E-state index in [2.05, 4.69) is 5.32 Å². The Bertz CT molecular complexity index is 1440. The van der Waals surface area contributed by atoms with Crippen LogP contribution in [0.5, 0.6) is 5.75 Å². The fraction of sp³-hybridized carbons (Fsp3) is 0.0800. The maximum Gasteiger partial charge on any atom is 0.257 e. The quantitative estimate of drug-likeness (QED) is 0.444. The van der Waals surface area contributed by atoms with Crippen molar-refractivity contribution in [3.63, 3.8) is 0 Å². The Morgan fingerprint density at radius 3 is 2.34 bits per heavy atom. The van der Waals surface area contributed by atoms with E-state index in [1.165, 1.54) is 0 Å². The van der Waals surface area contributed by atoms with Gasteiger partial charge >= 0.3 is 0 Å². The van der Waals surface area contributed by atoms with Gasteiger partial charge in [-0.3, -0.25) is 9.36 Å². The van der Waals surface area contributed by atoms with E-state index in [0.717, 1.165) is 16.8 Å². The lowest BCUT2D eigenvalue weighted by atomic mass is 10.2. The molecular formula is C25H21N5O2. The molecule has 0 aliphatic heterocycles. The lowest BCUT2D eigenvalue weighted by molar-refractivity contribution is 0.0953. The van der Waals surface area contributed by atoms with Gasteiger partial charge in [-0.05, 0) is 30.3 Å². The number of nitrogen functional groups attached to an aromatic ring is 1. The number of carbonyl (C=O) groups is 1. The maximum atomic E-state index is 13.3. The number of benzene rings is 3. The molecule has 5 rings (SSSR count). The highest BCUT2D eigenvalue weighted by atomic mass is 16.5. The fourth-order valence-corrected chi connectivity index (χ4v) is 3.84. The fourth-order valence-electron chi connectivity index (χ4n) is 3.84. The van der Waals surface area contributed by atoms with Crippen LogP contribution < -0.4 is 15.8 Å². The summed E-state index contributed by atoms with van der Waals surface area (Å²) in [5.41, 5.74) is 10.9. The smallest absolute Gasteiger partial charge is 0.257 e. The highest BCUT2D eigenvalue weighted by Gasteiger charge is 2.24. The van der Waals surface area contributed by atoms with Crippen molar-refractivity contribution in [3.8, 4) is 11.4 Å². The van der Waals surface area contributed by atoms with Crippen LogP contribution in [-0.2, 0) is 6.54 Å². The summed E-state index contributed by atoms with van der Waals surface area (Å²) in [6.07, 6.45) is 0. The van der Waals surface area contributed by atoms with E-state index in [1.54, 1.807) is 11.7 Å². The third-order valence-electron chi connectivity index (χ3n) is 5.37. The lowest BCUT2D eigenvalue weighted by Gasteiger charge is -2.10. The second-order valence-corrected chi connectivity index (χ2v) is 7.31. The molecule has 0 fully saturated rings. The zero-order chi connectivity index (χ0) is 22.1. The Morgan fingerprint density at radius 1 is 0.938 bits per heavy atom. The van der Waals surface area contributed by atoms with E-state index in [0.29, 0.717) is 40.4 Å². The van der Waals surface area contributed by atoms with Crippen LogP contribution in [0.3, 0.4) is 0 Å². The van der Waals surface area contributed by atoms with Crippen molar-refractivity contribution in [1.82, 2.24) is 19.9 Å². The molecule has 0 spiro atoms. The van der Waals surface area contributed by atoms with E-state index in [-0.39, 0.29) is 5.91 Å². The number of aromatic nitrogens is 3. The first-order valence-corrected chi connectivity index (χ1v) is 10.2. The maximum absolute atomic E-state index is 13.3. The number of methoxy groups -OCH3 is 1. The minimum absolute atomic E-state index is 0.291. The number of hydrogen-bond donors (Lipinski definition) is 2. The summed E-state index contributed by atoms with van der Waals surface area (Å²) in [5, 5.41) is 2.96. The molecule has 5 aromatic rings. The van der Waals surface area contributed by atoms with Crippen LogP contribution >= 0.6 is 0 Å². The van der Waals surface area contributed by atoms with E-state index < -0.39 is 0 Å². The number of nitrogens with zero attached hydrogens (tertiary/aromatic N) is 3. The molecule has 2 aromatic heterocycles. The Kier molecular flexibility index (Phi) is 4.91. The van der Waals surface area contributed by atoms with Crippen LogP contribution in [0.25, 0.3) is 27.9 Å². The van der Waals surface area contributed by atoms with Gasteiger partial charge in [0, 0.05) is 17.8 Å². The number of ether oxygens (including phenoxy) is 1. The molecule has 0 saturated heterocycles. The summed E-state index contributed by atoms with van der Waals surface area (Å²) >= 11 is 0. The molecule has 0 radical (unpaired) electrons. The van der Waals surface area contributed by atoms with Gasteiger partial charge < -0.3 is 15.8 Å². The molecule has 7 nitrogen and oxygen atoms in total. The zero-order valence-corrected chi connectivity index (χ0v) is 17.4. The predicted molar refractivity (Wildman–Crippen MR) is 125 cm³/mol. The molecule has 32 heavy (non-hydrogen) atoms. The first-order valence-electron chi connectivity index (χ1n) is 10.2. The van der Waals surface area contributed by atoms with Gasteiger partial charge in [-0.1, -0.05) is 48.5 Å². The predicted octanol–water partition coefficient (Wildman–Crippen LogP) is 4.09. The Hall–Kier alpha value is -4.39. The second kappa shape index (κ2) is 8.03. The standard InChI is InChI=1S/C25H21N5O2/c1-32-20-14-8-5-9-16(20)15-27-25(31)21-22-24(29-19-13-7-6-12-18(19)28-22)30(23(21)26)17-10-3-2-4-11-17/h2-14H,15,26H2,1H3,(H,27,31). The third kappa shape index (κ3) is 3.30. The van der Waals surface area contributed by atoms with Crippen LogP contribution in [-0.4, -0.2) is 27.6 Å². The van der Waals surface area contributed by atoms with Gasteiger partial charge in [-0.25, -0.2) is 9.97 Å². The van der Waals surface area contributed by atoms with Crippen molar-refractivity contribution in [2.45, 2.75) is 6.54 Å². The number of hydrogen-bond acceptors (Lipinski definition) is 5. The van der Waals surface area contributed by atoms with Crippen molar-refractivity contribution >= 4 is 33.9 Å². The average Bonchev–Trinajstić information content (AvgIpc) is 3.12. The molecular weight excluding hydrogens is 402 g/mol. The van der Waals surface area contributed by atoms with Crippen molar-refractivity contribution < 1.29 is 9.53 Å². The van der Waals surface area contributed by atoms with E-state index in [1.807, 2.05) is 78.9 Å². The zero-order valence-electron chi connectivity index (χ0n) is 17.4. The van der Waals surface area contributed by atoms with Crippen molar-refractivity contribution in [2.24, 2.45) is 0 Å². The first kappa shape index (κ1) is 19.6. The molecule has 0 aliphatic rings. The molecule has 0 atom stereocenters. The van der Waals surface area contributed by atoms with E-state index >= 15 is 0 Å². The summed E-state index contributed by atoms with van der Waals surface area (Å²) in [5.74, 6) is 0.676. The van der Waals surface area contributed by atoms with Gasteiger partial charge in [0.15, 0.2) is 5.65 Å². The topological polar surface area (TPSA) is 95.1 Å². The van der Waals surface area contributed by atoms with E-state index in [9.17, 15) is 4.79 Å². The van der Waals surface area contributed by atoms with Crippen molar-refractivity contribution in [3.05, 3.63) is 90.0 Å². The van der Waals surface area contributed by atoms with Gasteiger partial charge in [-0.2, -0.15) is 0 Å². The molecule has 0 bridgehead atoms. The Balaban J connectivity index is 1.64. The van der Waals surface area contributed by atoms with Gasteiger partial charge in [0.1, 0.15) is 22.6 Å². The number of nitrogens with one attached hydrogen (secondary N) is 1. The molecule has 2 heterocycles. The molecule has 1 amide bonds. The summed E-state index contributed by atoms with van der Waals surface area (Å²) in [6.45, 7) is 0.293. The normalized spacial score (nSPS) is 11.0. The Morgan fingerprint density at radius 2 is 1.59 bits per heavy atom. The van der Waals surface area contributed by atoms with Crippen LogP contribution in [0, 0.1) is 0 Å². The SMILES string of the molecule is COc1ccccc1CNC(=O)c1c(N)n(-c2ccccc2)c2nc3ccccc3nc12. The molecule has 3 N–H and O–H groups in total. The highest BCUT2D eigenvalue weighted by molar-refractivity contribution is 6.11. The summed E-state index contributed by atoms with van der Waals surface area (Å²) < 4.78 is 7.16. The number of fused-ring (bicyclic) bond motifs is 2. The number of carbonyl (C=O) groups excluding carboxylic acids is 1. The van der Waals surface area contributed by atoms with Gasteiger partial charge in [0.25, 0.3) is 5.91 Å². The highest BCUT2D eigenvalue weighted by Crippen LogP contribution is 2.31. The summed E-state index contributed by atoms with van der Waals surface area (Å²) in [7, 11) is 1.60. The molecule has 158 valence electrons. The number of para-hydroxylation sites is 4. The second-order valence-electron chi connectivity index (χ2n) is 7.31. The van der Waals surface area contributed by atoms with Crippen molar-refractivity contribution in [1.29, 1.82) is 0 Å². The number of anilines is 1. The number of amides is 1. The molecule has 7 heteroatoms. The summed E-state index contributed by atoms with van der Waals surface area (Å²) in [4.78, 5) is 22.8. The molecule has 3 aromatic carbocycles. The summed E-state index contributed by atoms with van der Waals surface area (Å²) in [6, 6.07) is 24.7. The molecule has 0 saturated carbocycles. The molecule has 0 aliphatic carbocycles. The monoisotopic (exact) mass is 423 g/mol. The average molecular weight is 423 g/mol. The lowest BCUT2D eigenvalue weighted by Crippen LogP contribution is -2.24. The molecule has 0 unspecified atom stereocenters. The van der Waals surface area contributed by atoms with Crippen LogP contribution in [0.4, 0.5) is 5.82 Å². The van der Waals surface area contributed by atoms with Gasteiger partial charge in [0.05, 0.1) is 18.1 Å². The van der Waals surface area contributed by atoms with Crippen LogP contribution in [0.2, 0.25) is 0 Å². The minimum Gasteiger partial charge on any atom is -0.496 e. The van der Waals surface area contributed by atoms with Crippen molar-refractivity contribution in [2.75, 3.05) is 12.8 Å². The Labute approximate surface area is 184 Å². The van der Waals surface area contributed by atoms with E-state index in [4.69, 9.17) is 20.4 Å². The third-order valence-corrected chi connectivity index (χ3v) is 5.37. The first-order chi connectivity index (χ1) is 15.7. The van der Waals surface area contributed by atoms with Gasteiger partial charge in [-0.15, -0.1) is 0 Å². The largest absolute Gasteiger partial charge is 0.496 e. The number of nitrogens with two attached hydrogens (primary N) is 1. The van der Waals surface area contributed by atoms with Crippen LogP contribution in [0.15, 0.2) is 78.9 Å². The number of rotatable bonds is 5.